The largest absolute Gasteiger partial charge is 0.339 e. The maximum atomic E-state index is 12.3. The summed E-state index contributed by atoms with van der Waals surface area (Å²) in [7, 11) is 0. The van der Waals surface area contributed by atoms with E-state index >= 15 is 0 Å². The van der Waals surface area contributed by atoms with Gasteiger partial charge in [-0.2, -0.15) is 0 Å². The topological polar surface area (TPSA) is 46.3 Å². The minimum absolute atomic E-state index is 0.346. The summed E-state index contributed by atoms with van der Waals surface area (Å²) in [5, 5.41) is 0. The van der Waals surface area contributed by atoms with Crippen molar-refractivity contribution in [1.29, 1.82) is 0 Å². The summed E-state index contributed by atoms with van der Waals surface area (Å²) >= 11 is 0. The molecule has 1 aliphatic carbocycles. The number of hydrogen-bond donors (Lipinski definition) is 1. The molecule has 3 rings (SSSR count). The number of carbonyl (C=O) groups is 1. The molecule has 3 atom stereocenters. The molecule has 21 heavy (non-hydrogen) atoms. The number of nitrogens with two attached hydrogens (primary N) is 1. The zero-order chi connectivity index (χ0) is 14.7. The van der Waals surface area contributed by atoms with Gasteiger partial charge in [-0.1, -0.05) is 30.3 Å². The van der Waals surface area contributed by atoms with Crippen molar-refractivity contribution in [2.45, 2.75) is 50.5 Å². The second-order valence-electron chi connectivity index (χ2n) is 6.53. The van der Waals surface area contributed by atoms with Gasteiger partial charge in [-0.25, -0.2) is 0 Å². The third kappa shape index (κ3) is 3.13. The molecular weight excluding hydrogens is 260 g/mol. The molecule has 114 valence electrons. The normalized spacial score (nSPS) is 30.4. The van der Waals surface area contributed by atoms with Crippen LogP contribution in [0.4, 0.5) is 0 Å². The number of rotatable bonds is 3. The molecule has 0 bridgehead atoms. The summed E-state index contributed by atoms with van der Waals surface area (Å²) in [6, 6.07) is 11.1. The van der Waals surface area contributed by atoms with Gasteiger partial charge in [0.2, 0.25) is 5.91 Å². The molecular formula is C18H26N2O. The summed E-state index contributed by atoms with van der Waals surface area (Å²) < 4.78 is 0. The molecule has 2 N–H and O–H groups in total. The van der Waals surface area contributed by atoms with E-state index in [1.807, 2.05) is 0 Å². The van der Waals surface area contributed by atoms with Crippen molar-refractivity contribution in [2.75, 3.05) is 13.1 Å². The van der Waals surface area contributed by atoms with Gasteiger partial charge < -0.3 is 10.6 Å². The monoisotopic (exact) mass is 286 g/mol. The Morgan fingerprint density at radius 2 is 1.95 bits per heavy atom. The van der Waals surface area contributed by atoms with Crippen LogP contribution in [0.1, 0.15) is 50.0 Å². The van der Waals surface area contributed by atoms with Gasteiger partial charge in [0.1, 0.15) is 0 Å². The molecule has 1 aromatic rings. The third-order valence-electron chi connectivity index (χ3n) is 5.29. The average Bonchev–Trinajstić information content (AvgIpc) is 2.55. The van der Waals surface area contributed by atoms with E-state index in [9.17, 15) is 4.79 Å². The lowest BCUT2D eigenvalue weighted by Gasteiger charge is -2.44. The quantitative estimate of drug-likeness (QED) is 0.928. The van der Waals surface area contributed by atoms with Crippen LogP contribution in [0, 0.1) is 5.92 Å². The summed E-state index contributed by atoms with van der Waals surface area (Å²) in [6.45, 7) is 1.64. The summed E-state index contributed by atoms with van der Waals surface area (Å²) in [5.41, 5.74) is 7.41. The molecule has 1 aromatic carbocycles. The van der Waals surface area contributed by atoms with Gasteiger partial charge in [0, 0.05) is 19.0 Å². The first-order valence-electron chi connectivity index (χ1n) is 8.34. The van der Waals surface area contributed by atoms with Crippen LogP contribution in [0.25, 0.3) is 0 Å². The van der Waals surface area contributed by atoms with Gasteiger partial charge >= 0.3 is 0 Å². The van der Waals surface area contributed by atoms with Crippen LogP contribution in [-0.4, -0.2) is 29.9 Å². The van der Waals surface area contributed by atoms with E-state index in [1.165, 1.54) is 12.0 Å². The van der Waals surface area contributed by atoms with E-state index in [-0.39, 0.29) is 0 Å². The van der Waals surface area contributed by atoms with Crippen LogP contribution in [0.2, 0.25) is 0 Å². The molecule has 0 radical (unpaired) electrons. The van der Waals surface area contributed by atoms with E-state index in [0.717, 1.165) is 38.6 Å². The van der Waals surface area contributed by atoms with Crippen LogP contribution in [0.3, 0.4) is 0 Å². The van der Waals surface area contributed by atoms with E-state index < -0.39 is 0 Å². The number of amides is 1. The Bertz CT molecular complexity index is 473. The van der Waals surface area contributed by atoms with E-state index in [1.54, 1.807) is 0 Å². The molecule has 0 aromatic heterocycles. The van der Waals surface area contributed by atoms with Crippen LogP contribution in [0.5, 0.6) is 0 Å². The second-order valence-corrected chi connectivity index (χ2v) is 6.53. The number of likely N-dealkylation sites (tertiary alicyclic amines) is 1. The lowest BCUT2D eigenvalue weighted by molar-refractivity contribution is -0.138. The minimum Gasteiger partial charge on any atom is -0.339 e. The fourth-order valence-corrected chi connectivity index (χ4v) is 4.07. The SMILES string of the molecule is NCC1CCC(c2ccccc2)CC1N1CCCCC1=O. The second kappa shape index (κ2) is 6.61. The Hall–Kier alpha value is -1.35. The Labute approximate surface area is 127 Å². The standard InChI is InChI=1S/C18H26N2O/c19-13-16-10-9-15(14-6-2-1-3-7-14)12-17(16)20-11-5-4-8-18(20)21/h1-3,6-7,15-17H,4-5,8-13,19H2. The molecule has 1 heterocycles. The number of piperidine rings is 1. The number of benzene rings is 1. The first-order valence-corrected chi connectivity index (χ1v) is 8.34. The highest BCUT2D eigenvalue weighted by Crippen LogP contribution is 2.38. The van der Waals surface area contributed by atoms with Crippen LogP contribution in [0.15, 0.2) is 30.3 Å². The molecule has 0 spiro atoms. The average molecular weight is 286 g/mol. The van der Waals surface area contributed by atoms with Crippen LogP contribution in [-0.2, 0) is 4.79 Å². The summed E-state index contributed by atoms with van der Waals surface area (Å²) in [4.78, 5) is 14.4. The fraction of sp³-hybridized carbons (Fsp3) is 0.611. The van der Waals surface area contributed by atoms with Crippen molar-refractivity contribution in [3.05, 3.63) is 35.9 Å². The van der Waals surface area contributed by atoms with Crippen molar-refractivity contribution in [3.8, 4) is 0 Å². The molecule has 1 aliphatic heterocycles. The van der Waals surface area contributed by atoms with Crippen molar-refractivity contribution >= 4 is 5.91 Å². The van der Waals surface area contributed by atoms with Crippen LogP contribution >= 0.6 is 0 Å². The maximum absolute atomic E-state index is 12.3. The molecule has 3 unspecified atom stereocenters. The maximum Gasteiger partial charge on any atom is 0.222 e. The van der Waals surface area contributed by atoms with Crippen molar-refractivity contribution in [3.63, 3.8) is 0 Å². The highest BCUT2D eigenvalue weighted by atomic mass is 16.2. The summed E-state index contributed by atoms with van der Waals surface area (Å²) in [5.74, 6) is 1.40. The zero-order valence-corrected chi connectivity index (χ0v) is 12.7. The van der Waals surface area contributed by atoms with Crippen molar-refractivity contribution < 1.29 is 4.79 Å². The first kappa shape index (κ1) is 14.6. The van der Waals surface area contributed by atoms with Crippen LogP contribution < -0.4 is 5.73 Å². The van der Waals surface area contributed by atoms with Gasteiger partial charge in [0.05, 0.1) is 0 Å². The minimum atomic E-state index is 0.346. The molecule has 1 saturated heterocycles. The number of carbonyl (C=O) groups excluding carboxylic acids is 1. The Kier molecular flexibility index (Phi) is 4.59. The van der Waals surface area contributed by atoms with Gasteiger partial charge in [-0.05, 0) is 56.0 Å². The molecule has 1 saturated carbocycles. The molecule has 1 amide bonds. The van der Waals surface area contributed by atoms with E-state index in [2.05, 4.69) is 35.2 Å². The molecule has 2 aliphatic rings. The Morgan fingerprint density at radius 3 is 2.67 bits per heavy atom. The van der Waals surface area contributed by atoms with Gasteiger partial charge in [0.15, 0.2) is 0 Å². The fourth-order valence-electron chi connectivity index (χ4n) is 4.07. The number of nitrogens with zero attached hydrogens (tertiary/aromatic N) is 1. The smallest absolute Gasteiger partial charge is 0.222 e. The predicted molar refractivity (Wildman–Crippen MR) is 84.9 cm³/mol. The van der Waals surface area contributed by atoms with Gasteiger partial charge in [0.25, 0.3) is 0 Å². The molecule has 2 fully saturated rings. The lowest BCUT2D eigenvalue weighted by Crippen LogP contribution is -2.50. The van der Waals surface area contributed by atoms with Crippen molar-refractivity contribution in [1.82, 2.24) is 4.90 Å². The lowest BCUT2D eigenvalue weighted by atomic mass is 9.74. The zero-order valence-electron chi connectivity index (χ0n) is 12.7. The van der Waals surface area contributed by atoms with E-state index in [4.69, 9.17) is 5.73 Å². The first-order chi connectivity index (χ1) is 10.3. The highest BCUT2D eigenvalue weighted by Gasteiger charge is 2.36. The van der Waals surface area contributed by atoms with Gasteiger partial charge in [-0.3, -0.25) is 4.79 Å². The Morgan fingerprint density at radius 1 is 1.14 bits per heavy atom. The highest BCUT2D eigenvalue weighted by molar-refractivity contribution is 5.77. The third-order valence-corrected chi connectivity index (χ3v) is 5.29. The molecule has 3 heteroatoms. The molecule has 3 nitrogen and oxygen atoms in total. The van der Waals surface area contributed by atoms with Gasteiger partial charge in [-0.15, -0.1) is 0 Å². The van der Waals surface area contributed by atoms with E-state index in [0.29, 0.717) is 30.3 Å². The van der Waals surface area contributed by atoms with Crippen molar-refractivity contribution in [2.24, 2.45) is 11.7 Å². The predicted octanol–water partition coefficient (Wildman–Crippen LogP) is 2.91. The Balaban J connectivity index is 1.77. The summed E-state index contributed by atoms with van der Waals surface area (Å²) in [6.07, 6.45) is 6.35. The number of hydrogen-bond acceptors (Lipinski definition) is 2.